The molecule has 0 fully saturated rings. The maximum Gasteiger partial charge on any atom is 0.389 e. The third kappa shape index (κ3) is 5.74. The van der Waals surface area contributed by atoms with Gasteiger partial charge in [0.05, 0.1) is 17.4 Å². The fourth-order valence-electron chi connectivity index (χ4n) is 2.74. The van der Waals surface area contributed by atoms with Crippen LogP contribution in [0, 0.1) is 10.1 Å². The summed E-state index contributed by atoms with van der Waals surface area (Å²) < 4.78 is 6.16. The highest BCUT2D eigenvalue weighted by Gasteiger charge is 2.18. The molecule has 2 amide bonds. The SMILES string of the molecule is CC(C)(C)c1ccc(C(=O)NCCNC(=O)c2nc(Cn3ccc([N+](=O)[O-])n3)no2)cc1. The molecule has 1 aromatic carbocycles. The molecule has 2 N–H and O–H groups in total. The van der Waals surface area contributed by atoms with Crippen LogP contribution in [-0.2, 0) is 12.0 Å². The molecule has 0 bridgehead atoms. The molecule has 0 aliphatic heterocycles. The van der Waals surface area contributed by atoms with Gasteiger partial charge in [0.2, 0.25) is 0 Å². The Labute approximate surface area is 183 Å². The number of carbonyl (C=O) groups is 2. The molecule has 0 atom stereocenters. The molecule has 0 aliphatic rings. The monoisotopic (exact) mass is 441 g/mol. The first-order chi connectivity index (χ1) is 15.1. The van der Waals surface area contributed by atoms with Gasteiger partial charge in [-0.1, -0.05) is 38.1 Å². The van der Waals surface area contributed by atoms with Crippen molar-refractivity contribution in [3.8, 4) is 0 Å². The van der Waals surface area contributed by atoms with Crippen LogP contribution in [0.4, 0.5) is 5.82 Å². The van der Waals surface area contributed by atoms with E-state index < -0.39 is 10.8 Å². The quantitative estimate of drug-likeness (QED) is 0.303. The number of amides is 2. The third-order valence-corrected chi connectivity index (χ3v) is 4.49. The largest absolute Gasteiger partial charge is 0.389 e. The molecule has 32 heavy (non-hydrogen) atoms. The van der Waals surface area contributed by atoms with Crippen LogP contribution < -0.4 is 10.6 Å². The number of rotatable bonds is 8. The Morgan fingerprint density at radius 2 is 1.75 bits per heavy atom. The summed E-state index contributed by atoms with van der Waals surface area (Å²) in [6.07, 6.45) is 1.40. The first-order valence-electron chi connectivity index (χ1n) is 9.81. The van der Waals surface area contributed by atoms with Gasteiger partial charge in [0.25, 0.3) is 5.91 Å². The van der Waals surface area contributed by atoms with Crippen LogP contribution in [-0.4, -0.2) is 49.7 Å². The fraction of sp³-hybridized carbons (Fsp3) is 0.350. The van der Waals surface area contributed by atoms with Gasteiger partial charge in [-0.2, -0.15) is 9.67 Å². The molecule has 2 aromatic heterocycles. The van der Waals surface area contributed by atoms with Gasteiger partial charge in [-0.3, -0.25) is 9.59 Å². The highest BCUT2D eigenvalue weighted by molar-refractivity contribution is 5.94. The predicted octanol–water partition coefficient (Wildman–Crippen LogP) is 1.68. The van der Waals surface area contributed by atoms with Gasteiger partial charge in [0, 0.05) is 18.7 Å². The van der Waals surface area contributed by atoms with Gasteiger partial charge in [0.15, 0.2) is 5.82 Å². The lowest BCUT2D eigenvalue weighted by Crippen LogP contribution is -2.34. The highest BCUT2D eigenvalue weighted by Crippen LogP contribution is 2.22. The van der Waals surface area contributed by atoms with Gasteiger partial charge in [-0.25, -0.2) is 0 Å². The van der Waals surface area contributed by atoms with Gasteiger partial charge in [-0.05, 0) is 28.0 Å². The van der Waals surface area contributed by atoms with E-state index in [2.05, 4.69) is 46.6 Å². The smallest absolute Gasteiger partial charge is 0.358 e. The Hall–Kier alpha value is -4.09. The van der Waals surface area contributed by atoms with Crippen molar-refractivity contribution in [3.63, 3.8) is 0 Å². The van der Waals surface area contributed by atoms with Crippen LogP contribution in [0.3, 0.4) is 0 Å². The Bertz CT molecular complexity index is 1110. The molecule has 2 heterocycles. The molecule has 0 saturated heterocycles. The van der Waals surface area contributed by atoms with Crippen molar-refractivity contribution in [2.75, 3.05) is 13.1 Å². The van der Waals surface area contributed by atoms with E-state index in [-0.39, 0.29) is 48.5 Å². The fourth-order valence-corrected chi connectivity index (χ4v) is 2.74. The first-order valence-corrected chi connectivity index (χ1v) is 9.81. The second kappa shape index (κ2) is 9.37. The maximum absolute atomic E-state index is 12.2. The van der Waals surface area contributed by atoms with Crippen molar-refractivity contribution < 1.29 is 19.0 Å². The molecule has 0 radical (unpaired) electrons. The Kier molecular flexibility index (Phi) is 6.61. The number of hydrogen-bond acceptors (Lipinski definition) is 8. The van der Waals surface area contributed by atoms with Crippen molar-refractivity contribution in [1.82, 2.24) is 30.6 Å². The van der Waals surface area contributed by atoms with Crippen LogP contribution >= 0.6 is 0 Å². The van der Waals surface area contributed by atoms with E-state index in [0.717, 1.165) is 5.56 Å². The van der Waals surface area contributed by atoms with Crippen molar-refractivity contribution >= 4 is 17.6 Å². The van der Waals surface area contributed by atoms with Crippen LogP contribution in [0.1, 0.15) is 53.2 Å². The van der Waals surface area contributed by atoms with E-state index in [1.165, 1.54) is 16.9 Å². The topological polar surface area (TPSA) is 158 Å². The van der Waals surface area contributed by atoms with Crippen LogP contribution in [0.15, 0.2) is 41.1 Å². The van der Waals surface area contributed by atoms with Gasteiger partial charge < -0.3 is 25.3 Å². The summed E-state index contributed by atoms with van der Waals surface area (Å²) in [6.45, 7) is 6.67. The molecule has 12 heteroatoms. The predicted molar refractivity (Wildman–Crippen MR) is 112 cm³/mol. The van der Waals surface area contributed by atoms with Crippen molar-refractivity contribution in [3.05, 3.63) is 69.5 Å². The lowest BCUT2D eigenvalue weighted by atomic mass is 9.87. The average Bonchev–Trinajstić information content (AvgIpc) is 3.40. The summed E-state index contributed by atoms with van der Waals surface area (Å²) in [6, 6.07) is 8.61. The number of nitrogens with one attached hydrogen (secondary N) is 2. The molecule has 0 unspecified atom stereocenters. The summed E-state index contributed by atoms with van der Waals surface area (Å²) in [5, 5.41) is 23.3. The van der Waals surface area contributed by atoms with Crippen molar-refractivity contribution in [2.45, 2.75) is 32.7 Å². The van der Waals surface area contributed by atoms with Crippen LogP contribution in [0.25, 0.3) is 0 Å². The van der Waals surface area contributed by atoms with E-state index in [4.69, 9.17) is 4.52 Å². The average molecular weight is 441 g/mol. The molecule has 0 saturated carbocycles. The van der Waals surface area contributed by atoms with Crippen molar-refractivity contribution in [1.29, 1.82) is 0 Å². The van der Waals surface area contributed by atoms with E-state index >= 15 is 0 Å². The van der Waals surface area contributed by atoms with Gasteiger partial charge in [0.1, 0.15) is 6.54 Å². The second-order valence-electron chi connectivity index (χ2n) is 7.98. The Morgan fingerprint density at radius 1 is 1.09 bits per heavy atom. The second-order valence-corrected chi connectivity index (χ2v) is 7.98. The molecule has 0 aliphatic carbocycles. The highest BCUT2D eigenvalue weighted by atomic mass is 16.6. The maximum atomic E-state index is 12.2. The molecule has 0 spiro atoms. The standard InChI is InChI=1S/C20H23N7O5/c1-20(2,3)14-6-4-13(5-7-14)17(28)21-9-10-22-18(29)19-23-15(25-32-19)12-26-11-8-16(24-26)27(30)31/h4-8,11H,9-10,12H2,1-3H3,(H,21,28)(H,22,29). The summed E-state index contributed by atoms with van der Waals surface area (Å²) in [5.41, 5.74) is 1.67. The van der Waals surface area contributed by atoms with Crippen LogP contribution in [0.5, 0.6) is 0 Å². The minimum atomic E-state index is -0.620. The van der Waals surface area contributed by atoms with Gasteiger partial charge >= 0.3 is 17.6 Å². The van der Waals surface area contributed by atoms with E-state index in [1.807, 2.05) is 12.1 Å². The number of nitrogens with zero attached hydrogens (tertiary/aromatic N) is 5. The molecular weight excluding hydrogens is 418 g/mol. The zero-order valence-corrected chi connectivity index (χ0v) is 17.9. The zero-order chi connectivity index (χ0) is 23.3. The molecule has 168 valence electrons. The number of hydrogen-bond donors (Lipinski definition) is 2. The zero-order valence-electron chi connectivity index (χ0n) is 17.9. The summed E-state index contributed by atoms with van der Waals surface area (Å²) in [7, 11) is 0. The summed E-state index contributed by atoms with van der Waals surface area (Å²) >= 11 is 0. The summed E-state index contributed by atoms with van der Waals surface area (Å²) in [4.78, 5) is 38.3. The number of benzene rings is 1. The normalized spacial score (nSPS) is 11.2. The van der Waals surface area contributed by atoms with Gasteiger partial charge in [-0.15, -0.1) is 0 Å². The number of nitro groups is 1. The molecule has 3 rings (SSSR count). The van der Waals surface area contributed by atoms with E-state index in [1.54, 1.807) is 12.1 Å². The Balaban J connectivity index is 1.44. The minimum absolute atomic E-state index is 0.00422. The minimum Gasteiger partial charge on any atom is -0.358 e. The van der Waals surface area contributed by atoms with E-state index in [9.17, 15) is 19.7 Å². The van der Waals surface area contributed by atoms with Crippen molar-refractivity contribution in [2.24, 2.45) is 0 Å². The number of aromatic nitrogens is 4. The number of carbonyl (C=O) groups excluding carboxylic acids is 2. The van der Waals surface area contributed by atoms with E-state index in [0.29, 0.717) is 5.56 Å². The molecule has 3 aromatic rings. The third-order valence-electron chi connectivity index (χ3n) is 4.49. The lowest BCUT2D eigenvalue weighted by Gasteiger charge is -2.19. The molecular formula is C20H23N7O5. The Morgan fingerprint density at radius 3 is 2.34 bits per heavy atom. The summed E-state index contributed by atoms with van der Waals surface area (Å²) in [5.74, 6) is -1.27. The lowest BCUT2D eigenvalue weighted by molar-refractivity contribution is -0.389. The molecule has 12 nitrogen and oxygen atoms in total. The van der Waals surface area contributed by atoms with Crippen LogP contribution in [0.2, 0.25) is 0 Å². The first kappa shape index (κ1) is 22.6.